The molecule has 1 atom stereocenters. The van der Waals surface area contributed by atoms with Crippen LogP contribution in [0.1, 0.15) is 44.2 Å². The van der Waals surface area contributed by atoms with E-state index in [1.54, 1.807) is 0 Å². The first-order chi connectivity index (χ1) is 9.44. The van der Waals surface area contributed by atoms with Crippen molar-refractivity contribution in [2.24, 2.45) is 0 Å². The number of piperidine rings is 1. The van der Waals surface area contributed by atoms with E-state index >= 15 is 0 Å². The summed E-state index contributed by atoms with van der Waals surface area (Å²) in [6.45, 7) is 9.60. The number of hydrogen-bond acceptors (Lipinski definition) is 2. The van der Waals surface area contributed by atoms with Crippen molar-refractivity contribution in [2.75, 3.05) is 11.4 Å². The van der Waals surface area contributed by atoms with Gasteiger partial charge in [0.25, 0.3) is 0 Å². The van der Waals surface area contributed by atoms with Crippen LogP contribution in [0.3, 0.4) is 0 Å². The van der Waals surface area contributed by atoms with Gasteiger partial charge in [0.05, 0.1) is 17.4 Å². The normalized spacial score (nSPS) is 25.9. The minimum absolute atomic E-state index is 0.0813. The van der Waals surface area contributed by atoms with E-state index in [1.807, 2.05) is 4.90 Å². The Hall–Kier alpha value is -1.35. The van der Waals surface area contributed by atoms with Crippen molar-refractivity contribution in [2.45, 2.75) is 58.7 Å². The van der Waals surface area contributed by atoms with Crippen molar-refractivity contribution in [1.29, 1.82) is 0 Å². The molecule has 0 aliphatic carbocycles. The number of para-hydroxylation sites is 1. The van der Waals surface area contributed by atoms with Crippen LogP contribution in [0.25, 0.3) is 0 Å². The van der Waals surface area contributed by atoms with Gasteiger partial charge >= 0.3 is 0 Å². The highest BCUT2D eigenvalue weighted by Gasteiger charge is 2.52. The molecule has 0 aromatic heterocycles. The molecule has 0 saturated carbocycles. The number of aryl methyl sites for hydroxylation is 2. The van der Waals surface area contributed by atoms with Crippen molar-refractivity contribution < 1.29 is 4.79 Å². The average Bonchev–Trinajstić information content (AvgIpc) is 2.60. The Labute approximate surface area is 121 Å². The molecule has 1 aromatic rings. The van der Waals surface area contributed by atoms with E-state index in [9.17, 15) is 4.79 Å². The molecular formula is C17H24N2O. The van der Waals surface area contributed by atoms with Gasteiger partial charge in [0.15, 0.2) is 0 Å². The first kappa shape index (κ1) is 13.6. The molecule has 3 nitrogen and oxygen atoms in total. The molecule has 2 fully saturated rings. The summed E-state index contributed by atoms with van der Waals surface area (Å²) in [6.07, 6.45) is 3.38. The Morgan fingerprint density at radius 2 is 1.80 bits per heavy atom. The average molecular weight is 272 g/mol. The summed E-state index contributed by atoms with van der Waals surface area (Å²) < 4.78 is 0. The number of nitrogens with zero attached hydrogens (tertiary/aromatic N) is 2. The largest absolute Gasteiger partial charge is 0.292 e. The summed E-state index contributed by atoms with van der Waals surface area (Å²) >= 11 is 0. The van der Waals surface area contributed by atoms with Gasteiger partial charge in [-0.3, -0.25) is 14.6 Å². The summed E-state index contributed by atoms with van der Waals surface area (Å²) in [5.74, 6) is 0.284. The molecule has 3 rings (SSSR count). The standard InChI is InChI=1S/C17H24N2O/c1-12-8-7-9-13(2)15(12)19-16(20)14-10-5-6-11-18(14)17(19,3)4/h7-9,14H,5-6,10-11H2,1-4H3/t14-/m0/s1. The maximum absolute atomic E-state index is 12.9. The smallest absolute Gasteiger partial charge is 0.245 e. The van der Waals surface area contributed by atoms with Gasteiger partial charge in [-0.05, 0) is 51.7 Å². The van der Waals surface area contributed by atoms with E-state index in [4.69, 9.17) is 0 Å². The minimum atomic E-state index is -0.223. The predicted octanol–water partition coefficient (Wildman–Crippen LogP) is 3.24. The van der Waals surface area contributed by atoms with Crippen LogP contribution in [-0.4, -0.2) is 29.1 Å². The maximum Gasteiger partial charge on any atom is 0.245 e. The van der Waals surface area contributed by atoms with Crippen molar-refractivity contribution in [1.82, 2.24) is 4.90 Å². The second-order valence-corrected chi connectivity index (χ2v) is 6.61. The molecule has 1 amide bonds. The molecule has 3 heteroatoms. The molecule has 108 valence electrons. The lowest BCUT2D eigenvalue weighted by Gasteiger charge is -2.41. The van der Waals surface area contributed by atoms with Crippen molar-refractivity contribution in [3.63, 3.8) is 0 Å². The summed E-state index contributed by atoms with van der Waals surface area (Å²) in [7, 11) is 0. The van der Waals surface area contributed by atoms with Crippen LogP contribution in [0.2, 0.25) is 0 Å². The van der Waals surface area contributed by atoms with Crippen LogP contribution in [0.15, 0.2) is 18.2 Å². The molecule has 1 aromatic carbocycles. The number of anilines is 1. The Morgan fingerprint density at radius 3 is 2.40 bits per heavy atom. The lowest BCUT2D eigenvalue weighted by Crippen LogP contribution is -2.51. The number of benzene rings is 1. The van der Waals surface area contributed by atoms with Crippen molar-refractivity contribution in [3.05, 3.63) is 29.3 Å². The summed E-state index contributed by atoms with van der Waals surface area (Å²) in [6, 6.07) is 6.35. The first-order valence-electron chi connectivity index (χ1n) is 7.61. The predicted molar refractivity (Wildman–Crippen MR) is 81.8 cm³/mol. The van der Waals surface area contributed by atoms with E-state index in [0.717, 1.165) is 18.7 Å². The molecule has 0 N–H and O–H groups in total. The Bertz CT molecular complexity index is 530. The van der Waals surface area contributed by atoms with E-state index in [2.05, 4.69) is 50.8 Å². The number of hydrogen-bond donors (Lipinski definition) is 0. The SMILES string of the molecule is Cc1cccc(C)c1N1C(=O)[C@@H]2CCCCN2C1(C)C. The molecule has 0 bridgehead atoms. The number of carbonyl (C=O) groups excluding carboxylic acids is 1. The summed E-state index contributed by atoms with van der Waals surface area (Å²) in [4.78, 5) is 17.4. The third-order valence-corrected chi connectivity index (χ3v) is 4.92. The summed E-state index contributed by atoms with van der Waals surface area (Å²) in [5, 5.41) is 0. The summed E-state index contributed by atoms with van der Waals surface area (Å²) in [5.41, 5.74) is 3.26. The first-order valence-corrected chi connectivity index (χ1v) is 7.61. The van der Waals surface area contributed by atoms with Crippen LogP contribution in [-0.2, 0) is 4.79 Å². The number of fused-ring (bicyclic) bond motifs is 1. The maximum atomic E-state index is 12.9. The topological polar surface area (TPSA) is 23.6 Å². The van der Waals surface area contributed by atoms with Gasteiger partial charge in [-0.1, -0.05) is 24.6 Å². The van der Waals surface area contributed by atoms with E-state index in [0.29, 0.717) is 0 Å². The van der Waals surface area contributed by atoms with Crippen LogP contribution in [0.4, 0.5) is 5.69 Å². The van der Waals surface area contributed by atoms with Gasteiger partial charge in [-0.2, -0.15) is 0 Å². The molecule has 2 aliphatic heterocycles. The highest BCUT2D eigenvalue weighted by Crippen LogP contribution is 2.41. The Morgan fingerprint density at radius 1 is 1.15 bits per heavy atom. The molecule has 20 heavy (non-hydrogen) atoms. The van der Waals surface area contributed by atoms with Gasteiger partial charge in [-0.15, -0.1) is 0 Å². The Balaban J connectivity index is 2.11. The lowest BCUT2D eigenvalue weighted by molar-refractivity contribution is -0.120. The molecule has 2 heterocycles. The fourth-order valence-corrected chi connectivity index (χ4v) is 3.93. The third-order valence-electron chi connectivity index (χ3n) is 4.92. The highest BCUT2D eigenvalue weighted by molar-refractivity contribution is 6.02. The number of carbonyl (C=O) groups is 1. The fraction of sp³-hybridized carbons (Fsp3) is 0.588. The van der Waals surface area contributed by atoms with Crippen LogP contribution in [0, 0.1) is 13.8 Å². The number of amides is 1. The third kappa shape index (κ3) is 1.80. The lowest BCUT2D eigenvalue weighted by atomic mass is 10.0. The fourth-order valence-electron chi connectivity index (χ4n) is 3.93. The second-order valence-electron chi connectivity index (χ2n) is 6.61. The zero-order valence-corrected chi connectivity index (χ0v) is 12.9. The molecular weight excluding hydrogens is 248 g/mol. The van der Waals surface area contributed by atoms with Crippen LogP contribution >= 0.6 is 0 Å². The minimum Gasteiger partial charge on any atom is -0.292 e. The molecule has 0 radical (unpaired) electrons. The van der Waals surface area contributed by atoms with E-state index < -0.39 is 0 Å². The van der Waals surface area contributed by atoms with Crippen molar-refractivity contribution in [3.8, 4) is 0 Å². The molecule has 2 aliphatic rings. The monoisotopic (exact) mass is 272 g/mol. The van der Waals surface area contributed by atoms with Gasteiger partial charge in [0, 0.05) is 6.54 Å². The van der Waals surface area contributed by atoms with Crippen LogP contribution < -0.4 is 4.90 Å². The molecule has 0 unspecified atom stereocenters. The van der Waals surface area contributed by atoms with Gasteiger partial charge in [0.1, 0.15) is 0 Å². The highest BCUT2D eigenvalue weighted by atomic mass is 16.2. The van der Waals surface area contributed by atoms with Gasteiger partial charge < -0.3 is 0 Å². The quantitative estimate of drug-likeness (QED) is 0.783. The van der Waals surface area contributed by atoms with Gasteiger partial charge in [-0.25, -0.2) is 0 Å². The molecule has 2 saturated heterocycles. The Kier molecular flexibility index (Phi) is 3.13. The van der Waals surface area contributed by atoms with Gasteiger partial charge in [0.2, 0.25) is 5.91 Å². The van der Waals surface area contributed by atoms with Crippen LogP contribution in [0.5, 0.6) is 0 Å². The zero-order valence-electron chi connectivity index (χ0n) is 12.9. The molecule has 0 spiro atoms. The van der Waals surface area contributed by atoms with Crippen molar-refractivity contribution >= 4 is 11.6 Å². The number of rotatable bonds is 1. The zero-order chi connectivity index (χ0) is 14.5. The van der Waals surface area contributed by atoms with E-state index in [1.165, 1.54) is 24.0 Å². The second kappa shape index (κ2) is 4.59. The van der Waals surface area contributed by atoms with E-state index in [-0.39, 0.29) is 17.6 Å².